The minimum Gasteiger partial charge on any atom is -0.495 e. The fraction of sp³-hybridized carbons (Fsp3) is 0.0833. The number of furan rings is 1. The van der Waals surface area contributed by atoms with Crippen LogP contribution in [-0.4, -0.2) is 13.0 Å². The first-order valence-corrected chi connectivity index (χ1v) is 5.27. The zero-order valence-corrected chi connectivity index (χ0v) is 9.82. The van der Waals surface area contributed by atoms with Gasteiger partial charge in [-0.2, -0.15) is 0 Å². The van der Waals surface area contributed by atoms with Gasteiger partial charge in [0.25, 0.3) is 5.91 Å². The van der Waals surface area contributed by atoms with Crippen molar-refractivity contribution in [1.82, 2.24) is 0 Å². The third kappa shape index (κ3) is 2.60. The highest BCUT2D eigenvalue weighted by atomic mass is 35.5. The summed E-state index contributed by atoms with van der Waals surface area (Å²) in [6.45, 7) is 0. The van der Waals surface area contributed by atoms with E-state index in [0.29, 0.717) is 16.5 Å². The molecular weight excluding hydrogens is 242 g/mol. The van der Waals surface area contributed by atoms with Crippen LogP contribution < -0.4 is 10.1 Å². The van der Waals surface area contributed by atoms with Gasteiger partial charge in [0.05, 0.1) is 18.4 Å². The van der Waals surface area contributed by atoms with Crippen molar-refractivity contribution in [3.05, 3.63) is 47.4 Å². The van der Waals surface area contributed by atoms with E-state index in [2.05, 4.69) is 5.32 Å². The summed E-state index contributed by atoms with van der Waals surface area (Å²) in [4.78, 5) is 11.7. The Hall–Kier alpha value is -1.94. The van der Waals surface area contributed by atoms with E-state index in [4.69, 9.17) is 20.8 Å². The molecule has 0 radical (unpaired) electrons. The van der Waals surface area contributed by atoms with Crippen LogP contribution in [0, 0.1) is 0 Å². The van der Waals surface area contributed by atoms with E-state index in [9.17, 15) is 4.79 Å². The zero-order chi connectivity index (χ0) is 12.3. The Kier molecular flexibility index (Phi) is 3.35. The van der Waals surface area contributed by atoms with Gasteiger partial charge in [0, 0.05) is 11.8 Å². The second-order valence-electron chi connectivity index (χ2n) is 3.28. The first-order valence-electron chi connectivity index (χ1n) is 4.89. The molecule has 1 aromatic carbocycles. The first kappa shape index (κ1) is 11.5. The second-order valence-corrected chi connectivity index (χ2v) is 3.69. The number of anilines is 1. The molecule has 1 heterocycles. The van der Waals surface area contributed by atoms with Gasteiger partial charge in [-0.25, -0.2) is 0 Å². The summed E-state index contributed by atoms with van der Waals surface area (Å²) in [6, 6.07) is 8.22. The van der Waals surface area contributed by atoms with E-state index < -0.39 is 0 Å². The molecule has 2 aromatic rings. The lowest BCUT2D eigenvalue weighted by atomic mass is 10.3. The maximum Gasteiger partial charge on any atom is 0.291 e. The highest BCUT2D eigenvalue weighted by molar-refractivity contribution is 6.32. The lowest BCUT2D eigenvalue weighted by Gasteiger charge is -2.07. The molecule has 88 valence electrons. The zero-order valence-electron chi connectivity index (χ0n) is 9.07. The van der Waals surface area contributed by atoms with Crippen molar-refractivity contribution in [1.29, 1.82) is 0 Å². The lowest BCUT2D eigenvalue weighted by molar-refractivity contribution is 0.0996. The van der Waals surface area contributed by atoms with Gasteiger partial charge >= 0.3 is 0 Å². The average molecular weight is 252 g/mol. The van der Waals surface area contributed by atoms with Crippen LogP contribution in [0.5, 0.6) is 5.75 Å². The number of carbonyl (C=O) groups is 1. The topological polar surface area (TPSA) is 51.5 Å². The minimum atomic E-state index is -0.320. The molecule has 0 aliphatic carbocycles. The van der Waals surface area contributed by atoms with E-state index in [-0.39, 0.29) is 11.7 Å². The molecule has 0 aliphatic rings. The molecule has 0 saturated carbocycles. The van der Waals surface area contributed by atoms with Gasteiger partial charge in [0.2, 0.25) is 0 Å². The molecule has 1 N–H and O–H groups in total. The Morgan fingerprint density at radius 3 is 2.88 bits per heavy atom. The number of hydrogen-bond donors (Lipinski definition) is 1. The van der Waals surface area contributed by atoms with Crippen LogP contribution in [0.4, 0.5) is 5.69 Å². The molecule has 0 aliphatic heterocycles. The number of rotatable bonds is 3. The van der Waals surface area contributed by atoms with Crippen LogP contribution in [-0.2, 0) is 0 Å². The number of methoxy groups -OCH3 is 1. The van der Waals surface area contributed by atoms with Gasteiger partial charge in [-0.1, -0.05) is 11.6 Å². The number of hydrogen-bond acceptors (Lipinski definition) is 3. The highest BCUT2D eigenvalue weighted by Gasteiger charge is 2.09. The fourth-order valence-electron chi connectivity index (χ4n) is 1.34. The molecule has 4 nitrogen and oxygen atoms in total. The molecule has 1 amide bonds. The number of benzene rings is 1. The molecule has 0 bridgehead atoms. The Morgan fingerprint density at radius 1 is 1.41 bits per heavy atom. The Labute approximate surface area is 103 Å². The summed E-state index contributed by atoms with van der Waals surface area (Å²) >= 11 is 5.88. The van der Waals surface area contributed by atoms with Crippen molar-refractivity contribution in [2.24, 2.45) is 0 Å². The van der Waals surface area contributed by atoms with Gasteiger partial charge in [-0.15, -0.1) is 0 Å². The summed E-state index contributed by atoms with van der Waals surface area (Å²) in [5.41, 5.74) is 0.590. The molecule has 17 heavy (non-hydrogen) atoms. The van der Waals surface area contributed by atoms with E-state index in [1.807, 2.05) is 0 Å². The second kappa shape index (κ2) is 4.93. The van der Waals surface area contributed by atoms with Crippen LogP contribution in [0.2, 0.25) is 5.02 Å². The van der Waals surface area contributed by atoms with Crippen molar-refractivity contribution in [3.8, 4) is 5.75 Å². The van der Waals surface area contributed by atoms with E-state index in [1.165, 1.54) is 13.4 Å². The normalized spacial score (nSPS) is 10.0. The van der Waals surface area contributed by atoms with Crippen LogP contribution in [0.1, 0.15) is 10.6 Å². The molecule has 0 saturated heterocycles. The molecule has 0 atom stereocenters. The predicted octanol–water partition coefficient (Wildman–Crippen LogP) is 3.19. The van der Waals surface area contributed by atoms with Gasteiger partial charge in [-0.3, -0.25) is 4.79 Å². The summed E-state index contributed by atoms with van der Waals surface area (Å²) in [6.07, 6.45) is 1.44. The number of carbonyl (C=O) groups excluding carboxylic acids is 1. The van der Waals surface area contributed by atoms with E-state index in [0.717, 1.165) is 0 Å². The van der Waals surface area contributed by atoms with Crippen LogP contribution in [0.25, 0.3) is 0 Å². The first-order chi connectivity index (χ1) is 8.20. The van der Waals surface area contributed by atoms with Gasteiger partial charge in [0.15, 0.2) is 5.76 Å². The molecule has 1 aromatic heterocycles. The minimum absolute atomic E-state index is 0.249. The quantitative estimate of drug-likeness (QED) is 0.911. The van der Waals surface area contributed by atoms with Gasteiger partial charge in [0.1, 0.15) is 5.75 Å². The number of nitrogens with one attached hydrogen (secondary N) is 1. The van der Waals surface area contributed by atoms with Crippen LogP contribution in [0.3, 0.4) is 0 Å². The summed E-state index contributed by atoms with van der Waals surface area (Å²) in [7, 11) is 1.51. The van der Waals surface area contributed by atoms with Crippen LogP contribution >= 0.6 is 11.6 Å². The highest BCUT2D eigenvalue weighted by Crippen LogP contribution is 2.27. The standard InChI is InChI=1S/C12H10ClNO3/c1-16-11-7-8(4-5-9(11)13)14-12(15)10-3-2-6-17-10/h2-7H,1H3,(H,14,15). The third-order valence-corrected chi connectivity index (χ3v) is 2.47. The van der Waals surface area contributed by atoms with Crippen molar-refractivity contribution < 1.29 is 13.9 Å². The lowest BCUT2D eigenvalue weighted by Crippen LogP contribution is -2.10. The average Bonchev–Trinajstić information content (AvgIpc) is 2.85. The molecule has 0 spiro atoms. The monoisotopic (exact) mass is 251 g/mol. The molecule has 2 rings (SSSR count). The Morgan fingerprint density at radius 2 is 2.24 bits per heavy atom. The molecule has 0 fully saturated rings. The maximum absolute atomic E-state index is 11.7. The van der Waals surface area contributed by atoms with Crippen molar-refractivity contribution >= 4 is 23.2 Å². The number of halogens is 1. The summed E-state index contributed by atoms with van der Waals surface area (Å²) in [5.74, 6) is 0.433. The fourth-order valence-corrected chi connectivity index (χ4v) is 1.53. The summed E-state index contributed by atoms with van der Waals surface area (Å²) < 4.78 is 10.0. The van der Waals surface area contributed by atoms with Gasteiger partial charge in [-0.05, 0) is 24.3 Å². The molecular formula is C12H10ClNO3. The number of ether oxygens (including phenoxy) is 1. The Balaban J connectivity index is 2.16. The van der Waals surface area contributed by atoms with E-state index in [1.54, 1.807) is 30.3 Å². The smallest absolute Gasteiger partial charge is 0.291 e. The Bertz CT molecular complexity index is 523. The number of amides is 1. The predicted molar refractivity (Wildman–Crippen MR) is 64.7 cm³/mol. The molecule has 0 unspecified atom stereocenters. The SMILES string of the molecule is COc1cc(NC(=O)c2ccco2)ccc1Cl. The van der Waals surface area contributed by atoms with Crippen molar-refractivity contribution in [2.75, 3.05) is 12.4 Å². The van der Waals surface area contributed by atoms with E-state index >= 15 is 0 Å². The maximum atomic E-state index is 11.7. The van der Waals surface area contributed by atoms with Crippen molar-refractivity contribution in [3.63, 3.8) is 0 Å². The third-order valence-electron chi connectivity index (χ3n) is 2.15. The van der Waals surface area contributed by atoms with Gasteiger partial charge < -0.3 is 14.5 Å². The largest absolute Gasteiger partial charge is 0.495 e. The molecule has 5 heteroatoms. The summed E-state index contributed by atoms with van der Waals surface area (Å²) in [5, 5.41) is 3.16. The van der Waals surface area contributed by atoms with Crippen LogP contribution in [0.15, 0.2) is 41.0 Å². The van der Waals surface area contributed by atoms with Crippen molar-refractivity contribution in [2.45, 2.75) is 0 Å².